The minimum atomic E-state index is -0.640. The maximum atomic E-state index is 11.0. The Hall–Kier alpha value is -1.99. The second-order valence-electron chi connectivity index (χ2n) is 3.43. The molecule has 0 fully saturated rings. The zero-order valence-corrected chi connectivity index (χ0v) is 11.0. The average molecular weight is 301 g/mol. The number of hydrogen-bond acceptors (Lipinski definition) is 6. The monoisotopic (exact) mass is 300 g/mol. The number of nitro groups is 1. The van der Waals surface area contributed by atoms with Gasteiger partial charge in [-0.05, 0) is 18.5 Å². The van der Waals surface area contributed by atoms with Crippen LogP contribution in [0.25, 0.3) is 0 Å². The van der Waals surface area contributed by atoms with Gasteiger partial charge in [0.1, 0.15) is 11.4 Å². The molecule has 2 rings (SSSR count). The molecule has 0 saturated carbocycles. The fraction of sp³-hybridized carbons (Fsp3) is 0.100. The summed E-state index contributed by atoms with van der Waals surface area (Å²) in [5.41, 5.74) is -0.251. The van der Waals surface area contributed by atoms with Crippen molar-refractivity contribution in [2.75, 3.05) is 0 Å². The number of ether oxygens (including phenoxy) is 1. The zero-order chi connectivity index (χ0) is 14.0. The summed E-state index contributed by atoms with van der Waals surface area (Å²) in [5, 5.41) is 11.2. The summed E-state index contributed by atoms with van der Waals surface area (Å²) in [4.78, 5) is 21.5. The number of aromatic nitrogens is 3. The van der Waals surface area contributed by atoms with Crippen LogP contribution in [-0.4, -0.2) is 19.9 Å². The molecule has 98 valence electrons. The molecular weight excluding hydrogens is 295 g/mol. The topological polar surface area (TPSA) is 91.0 Å². The molecule has 0 saturated heterocycles. The summed E-state index contributed by atoms with van der Waals surface area (Å²) in [6.07, 6.45) is 2.75. The molecule has 2 heterocycles. The van der Waals surface area contributed by atoms with Gasteiger partial charge in [-0.25, -0.2) is 4.98 Å². The Labute approximate surface area is 117 Å². The van der Waals surface area contributed by atoms with Crippen molar-refractivity contribution in [2.45, 2.75) is 6.92 Å². The molecule has 0 radical (unpaired) electrons. The van der Waals surface area contributed by atoms with Gasteiger partial charge in [-0.1, -0.05) is 11.6 Å². The molecule has 0 bridgehead atoms. The van der Waals surface area contributed by atoms with Gasteiger partial charge in [0.05, 0.1) is 16.1 Å². The van der Waals surface area contributed by atoms with E-state index in [-0.39, 0.29) is 28.3 Å². The van der Waals surface area contributed by atoms with E-state index in [2.05, 4.69) is 15.0 Å². The summed E-state index contributed by atoms with van der Waals surface area (Å²) >= 11 is 11.4. The van der Waals surface area contributed by atoms with Crippen LogP contribution in [-0.2, 0) is 0 Å². The van der Waals surface area contributed by atoms with Crippen LogP contribution in [0.5, 0.6) is 11.6 Å². The number of halogens is 2. The molecule has 2 aromatic rings. The molecule has 0 aromatic carbocycles. The van der Waals surface area contributed by atoms with E-state index in [1.807, 2.05) is 0 Å². The van der Waals surface area contributed by atoms with Gasteiger partial charge in [-0.3, -0.25) is 15.1 Å². The first kappa shape index (κ1) is 13.4. The fourth-order valence-corrected chi connectivity index (χ4v) is 1.72. The minimum absolute atomic E-state index is 0.106. The quantitative estimate of drug-likeness (QED) is 0.491. The largest absolute Gasteiger partial charge is 0.432 e. The summed E-state index contributed by atoms with van der Waals surface area (Å²) in [6, 6.07) is 1.45. The SMILES string of the molecule is Cc1nc(Cl)nc(Oc2cncc(Cl)c2)c1[N+](=O)[O-]. The van der Waals surface area contributed by atoms with Crippen molar-refractivity contribution in [1.82, 2.24) is 15.0 Å². The van der Waals surface area contributed by atoms with Crippen molar-refractivity contribution in [1.29, 1.82) is 0 Å². The Kier molecular flexibility index (Phi) is 3.77. The Bertz CT molecular complexity index is 651. The first-order valence-electron chi connectivity index (χ1n) is 4.94. The van der Waals surface area contributed by atoms with Crippen molar-refractivity contribution >= 4 is 28.9 Å². The van der Waals surface area contributed by atoms with Gasteiger partial charge < -0.3 is 4.74 Å². The molecule has 0 atom stereocenters. The predicted molar refractivity (Wildman–Crippen MR) is 67.8 cm³/mol. The van der Waals surface area contributed by atoms with Crippen LogP contribution >= 0.6 is 23.2 Å². The van der Waals surface area contributed by atoms with Crippen LogP contribution < -0.4 is 4.74 Å². The third-order valence-corrected chi connectivity index (χ3v) is 2.45. The third kappa shape index (κ3) is 3.07. The summed E-state index contributed by atoms with van der Waals surface area (Å²) in [5.74, 6) is -0.0451. The van der Waals surface area contributed by atoms with Gasteiger partial charge in [0, 0.05) is 12.3 Å². The number of pyridine rings is 1. The average Bonchev–Trinajstić information content (AvgIpc) is 2.26. The molecule has 0 aliphatic carbocycles. The van der Waals surface area contributed by atoms with Gasteiger partial charge in [0.25, 0.3) is 0 Å². The lowest BCUT2D eigenvalue weighted by molar-refractivity contribution is -0.386. The van der Waals surface area contributed by atoms with E-state index in [1.165, 1.54) is 25.4 Å². The van der Waals surface area contributed by atoms with Gasteiger partial charge in [0.15, 0.2) is 0 Å². The Morgan fingerprint density at radius 3 is 2.68 bits per heavy atom. The normalized spacial score (nSPS) is 10.3. The molecule has 19 heavy (non-hydrogen) atoms. The summed E-state index contributed by atoms with van der Waals surface area (Å²) in [7, 11) is 0. The number of aryl methyl sites for hydroxylation is 1. The summed E-state index contributed by atoms with van der Waals surface area (Å²) in [6.45, 7) is 1.44. The highest BCUT2D eigenvalue weighted by Gasteiger charge is 2.24. The standard InChI is InChI=1S/C10H6Cl2N4O3/c1-5-8(16(17)18)9(15-10(12)14-5)19-7-2-6(11)3-13-4-7/h2-4H,1H3. The van der Waals surface area contributed by atoms with Crippen LogP contribution in [0, 0.1) is 17.0 Å². The van der Waals surface area contributed by atoms with E-state index in [0.717, 1.165) is 0 Å². The smallest absolute Gasteiger partial charge is 0.352 e. The first-order chi connectivity index (χ1) is 8.97. The molecule has 0 spiro atoms. The van der Waals surface area contributed by atoms with Gasteiger partial charge in [-0.2, -0.15) is 4.98 Å². The van der Waals surface area contributed by atoms with E-state index >= 15 is 0 Å². The van der Waals surface area contributed by atoms with E-state index < -0.39 is 4.92 Å². The van der Waals surface area contributed by atoms with Crippen molar-refractivity contribution in [2.24, 2.45) is 0 Å². The molecule has 9 heteroatoms. The molecule has 0 amide bonds. The lowest BCUT2D eigenvalue weighted by atomic mass is 10.3. The number of rotatable bonds is 3. The van der Waals surface area contributed by atoms with Crippen molar-refractivity contribution in [3.05, 3.63) is 44.6 Å². The Morgan fingerprint density at radius 2 is 2.05 bits per heavy atom. The van der Waals surface area contributed by atoms with Gasteiger partial charge in [0.2, 0.25) is 5.28 Å². The van der Waals surface area contributed by atoms with Crippen LogP contribution in [0.1, 0.15) is 5.69 Å². The Balaban J connectivity index is 2.47. The first-order valence-corrected chi connectivity index (χ1v) is 5.70. The summed E-state index contributed by atoms with van der Waals surface area (Å²) < 4.78 is 5.29. The van der Waals surface area contributed by atoms with E-state index in [0.29, 0.717) is 5.02 Å². The van der Waals surface area contributed by atoms with Crippen molar-refractivity contribution in [3.8, 4) is 11.6 Å². The molecule has 0 aliphatic rings. The predicted octanol–water partition coefficient (Wildman–Crippen LogP) is 3.19. The van der Waals surface area contributed by atoms with Gasteiger partial charge >= 0.3 is 11.6 Å². The van der Waals surface area contributed by atoms with Crippen molar-refractivity contribution in [3.63, 3.8) is 0 Å². The van der Waals surface area contributed by atoms with Crippen LogP contribution in [0.3, 0.4) is 0 Å². The third-order valence-electron chi connectivity index (χ3n) is 2.08. The highest BCUT2D eigenvalue weighted by molar-refractivity contribution is 6.30. The zero-order valence-electron chi connectivity index (χ0n) is 9.50. The fourth-order valence-electron chi connectivity index (χ4n) is 1.35. The van der Waals surface area contributed by atoms with Crippen LogP contribution in [0.15, 0.2) is 18.5 Å². The number of hydrogen-bond donors (Lipinski definition) is 0. The van der Waals surface area contributed by atoms with E-state index in [4.69, 9.17) is 27.9 Å². The Morgan fingerprint density at radius 1 is 1.32 bits per heavy atom. The van der Waals surface area contributed by atoms with Crippen molar-refractivity contribution < 1.29 is 9.66 Å². The molecule has 0 unspecified atom stereocenters. The van der Waals surface area contributed by atoms with E-state index in [1.54, 1.807) is 0 Å². The van der Waals surface area contributed by atoms with Crippen LogP contribution in [0.4, 0.5) is 5.69 Å². The molecular formula is C10H6Cl2N4O3. The second-order valence-corrected chi connectivity index (χ2v) is 4.20. The number of nitrogens with zero attached hydrogens (tertiary/aromatic N) is 4. The van der Waals surface area contributed by atoms with Crippen LogP contribution in [0.2, 0.25) is 10.3 Å². The molecule has 0 N–H and O–H groups in total. The highest BCUT2D eigenvalue weighted by Crippen LogP contribution is 2.32. The van der Waals surface area contributed by atoms with E-state index in [9.17, 15) is 10.1 Å². The second kappa shape index (κ2) is 5.33. The molecule has 7 nitrogen and oxygen atoms in total. The lowest BCUT2D eigenvalue weighted by Gasteiger charge is -2.06. The highest BCUT2D eigenvalue weighted by atomic mass is 35.5. The minimum Gasteiger partial charge on any atom is -0.432 e. The van der Waals surface area contributed by atoms with Gasteiger partial charge in [-0.15, -0.1) is 0 Å². The lowest BCUT2D eigenvalue weighted by Crippen LogP contribution is -2.01. The molecule has 0 aliphatic heterocycles. The maximum absolute atomic E-state index is 11.0. The maximum Gasteiger partial charge on any atom is 0.352 e. The molecule has 2 aromatic heterocycles.